The Bertz CT molecular complexity index is 2940. The monoisotopic (exact) mass is 816 g/mol. The molecule has 4 heteroatoms. The van der Waals surface area contributed by atoms with Gasteiger partial charge in [0.1, 0.15) is 0 Å². The Morgan fingerprint density at radius 2 is 1.06 bits per heavy atom. The first kappa shape index (κ1) is 40.6. The van der Waals surface area contributed by atoms with Gasteiger partial charge in [0.15, 0.2) is 0 Å². The molecule has 0 radical (unpaired) electrons. The lowest BCUT2D eigenvalue weighted by Gasteiger charge is -2.29. The van der Waals surface area contributed by atoms with Crippen molar-refractivity contribution in [2.45, 2.75) is 26.2 Å². The molecule has 0 bridgehead atoms. The van der Waals surface area contributed by atoms with Gasteiger partial charge in [-0.25, -0.2) is 0 Å². The van der Waals surface area contributed by atoms with Gasteiger partial charge in [0, 0.05) is 75.3 Å². The fourth-order valence-corrected chi connectivity index (χ4v) is 8.67. The van der Waals surface area contributed by atoms with Gasteiger partial charge in [0.05, 0.1) is 5.52 Å². The van der Waals surface area contributed by atoms with Crippen LogP contribution in [0.2, 0.25) is 0 Å². The van der Waals surface area contributed by atoms with Gasteiger partial charge in [-0.2, -0.15) is 0 Å². The predicted molar refractivity (Wildman–Crippen MR) is 269 cm³/mol. The second kappa shape index (κ2) is 18.4. The van der Waals surface area contributed by atoms with Gasteiger partial charge in [0.2, 0.25) is 0 Å². The zero-order valence-corrected chi connectivity index (χ0v) is 36.1. The molecular weight excluding hydrogens is 765 g/mol. The van der Waals surface area contributed by atoms with E-state index in [0.29, 0.717) is 6.54 Å². The maximum atomic E-state index is 4.11. The van der Waals surface area contributed by atoms with E-state index < -0.39 is 0 Å². The first-order valence-electron chi connectivity index (χ1n) is 21.8. The molecule has 0 saturated heterocycles. The number of hydrogen-bond acceptors (Lipinski definition) is 3. The van der Waals surface area contributed by atoms with Crippen LogP contribution in [0, 0.1) is 6.92 Å². The Morgan fingerprint density at radius 1 is 0.556 bits per heavy atom. The summed E-state index contributed by atoms with van der Waals surface area (Å²) in [6.45, 7) is 13.3. The van der Waals surface area contributed by atoms with Gasteiger partial charge in [0.25, 0.3) is 0 Å². The first-order valence-corrected chi connectivity index (χ1v) is 21.8. The number of benzene rings is 7. The Labute approximate surface area is 372 Å². The molecule has 7 aromatic carbocycles. The van der Waals surface area contributed by atoms with Crippen LogP contribution in [0.5, 0.6) is 0 Å². The lowest BCUT2D eigenvalue weighted by atomic mass is 9.98. The minimum atomic E-state index is 0.223. The zero-order chi connectivity index (χ0) is 43.1. The second-order valence-electron chi connectivity index (χ2n) is 16.0. The maximum absolute atomic E-state index is 4.11. The summed E-state index contributed by atoms with van der Waals surface area (Å²) in [6.07, 6.45) is 16.1. The predicted octanol–water partition coefficient (Wildman–Crippen LogP) is 15.9. The number of hydrogen-bond donors (Lipinski definition) is 0. The number of fused-ring (bicyclic) bond motifs is 1. The summed E-state index contributed by atoms with van der Waals surface area (Å²) in [4.78, 5) is 7.01. The van der Waals surface area contributed by atoms with Crippen molar-refractivity contribution >= 4 is 45.0 Å². The summed E-state index contributed by atoms with van der Waals surface area (Å²) in [5.41, 5.74) is 16.1. The number of rotatable bonds is 14. The molecule has 0 saturated carbocycles. The van der Waals surface area contributed by atoms with E-state index in [1.165, 1.54) is 27.7 Å². The molecular formula is C59H52N4. The van der Waals surface area contributed by atoms with Crippen LogP contribution in [-0.2, 0) is 0 Å². The molecule has 63 heavy (non-hydrogen) atoms. The largest absolute Gasteiger partial charge is 0.338 e. The lowest BCUT2D eigenvalue weighted by molar-refractivity contribution is 0.936. The van der Waals surface area contributed by atoms with Crippen molar-refractivity contribution in [2.24, 2.45) is 0 Å². The molecule has 0 aliphatic heterocycles. The topological polar surface area (TPSA) is 14.7 Å². The molecule has 0 spiro atoms. The molecule has 1 atom stereocenters. The summed E-state index contributed by atoms with van der Waals surface area (Å²) in [5.74, 6) is 0.223. The van der Waals surface area contributed by atoms with Crippen molar-refractivity contribution in [1.82, 2.24) is 4.57 Å². The average Bonchev–Trinajstić information content (AvgIpc) is 3.50. The molecule has 1 aromatic heterocycles. The summed E-state index contributed by atoms with van der Waals surface area (Å²) in [6, 6.07) is 65.1. The van der Waals surface area contributed by atoms with Crippen molar-refractivity contribution in [3.8, 4) is 16.8 Å². The molecule has 1 aliphatic rings. The molecule has 1 unspecified atom stereocenters. The quantitative estimate of drug-likeness (QED) is 0.102. The first-order chi connectivity index (χ1) is 31.0. The Balaban J connectivity index is 0.983. The summed E-state index contributed by atoms with van der Waals surface area (Å²) < 4.78 is 2.28. The molecule has 4 nitrogen and oxygen atoms in total. The van der Waals surface area contributed by atoms with Crippen LogP contribution in [0.25, 0.3) is 27.7 Å². The third-order valence-electron chi connectivity index (χ3n) is 11.9. The number of anilines is 6. The van der Waals surface area contributed by atoms with Crippen LogP contribution in [-0.4, -0.2) is 11.1 Å². The normalized spacial score (nSPS) is 12.8. The van der Waals surface area contributed by atoms with Crippen LogP contribution in [0.15, 0.2) is 249 Å². The van der Waals surface area contributed by atoms with E-state index in [0.717, 1.165) is 63.1 Å². The minimum Gasteiger partial charge on any atom is -0.338 e. The van der Waals surface area contributed by atoms with Gasteiger partial charge in [-0.15, -0.1) is 13.2 Å². The third kappa shape index (κ3) is 8.44. The summed E-state index contributed by atoms with van der Waals surface area (Å²) >= 11 is 0. The molecule has 0 fully saturated rings. The molecule has 1 heterocycles. The number of para-hydroxylation sites is 4. The van der Waals surface area contributed by atoms with Gasteiger partial charge in [-0.3, -0.25) is 0 Å². The van der Waals surface area contributed by atoms with Crippen LogP contribution in [0.1, 0.15) is 30.4 Å². The standard InChI is InChI=1S/C59H52N4/c1-5-42-60(58-26-15-13-24-56(58)44(3)6-2)48-22-17-23-52(39-36-48)62(50-18-9-7-10-19-50)53-32-28-46(29-33-53)47-30-34-54(35-31-47)63(51-20-11-8-12-21-51)55-40-37-49(38-41-55)61-43-45(4)57-25-14-16-27-59(57)61/h5-16,18-41,43-44H,1-2,17,42H2,3-4H3. The number of allylic oxidation sites excluding steroid dienone is 5. The zero-order valence-electron chi connectivity index (χ0n) is 36.1. The van der Waals surface area contributed by atoms with Crippen LogP contribution in [0.4, 0.5) is 34.1 Å². The van der Waals surface area contributed by atoms with Crippen molar-refractivity contribution in [2.75, 3.05) is 21.2 Å². The fourth-order valence-electron chi connectivity index (χ4n) is 8.67. The minimum absolute atomic E-state index is 0.223. The Morgan fingerprint density at radius 3 is 1.70 bits per heavy atom. The Hall–Kier alpha value is -7.82. The highest BCUT2D eigenvalue weighted by Crippen LogP contribution is 2.39. The van der Waals surface area contributed by atoms with E-state index in [2.05, 4.69) is 259 Å². The summed E-state index contributed by atoms with van der Waals surface area (Å²) in [7, 11) is 0. The van der Waals surface area contributed by atoms with Gasteiger partial charge >= 0.3 is 0 Å². The smallest absolute Gasteiger partial charge is 0.0531 e. The SMILES string of the molecule is C=CCN(C1=CCC=C(N(c2ccccc2)c2ccc(-c3ccc(N(c4ccccc4)c4ccc(-n5cc(C)c6ccccc65)cc4)cc3)cc2)C=C1)c1ccccc1C(C)C=C. The molecule has 9 rings (SSSR count). The van der Waals surface area contributed by atoms with Crippen molar-refractivity contribution < 1.29 is 0 Å². The van der Waals surface area contributed by atoms with E-state index in [1.807, 2.05) is 12.2 Å². The highest BCUT2D eigenvalue weighted by molar-refractivity contribution is 5.86. The van der Waals surface area contributed by atoms with E-state index >= 15 is 0 Å². The molecule has 8 aromatic rings. The number of aromatic nitrogens is 1. The molecule has 0 N–H and O–H groups in total. The van der Waals surface area contributed by atoms with Crippen molar-refractivity contribution in [1.29, 1.82) is 0 Å². The maximum Gasteiger partial charge on any atom is 0.0531 e. The van der Waals surface area contributed by atoms with Gasteiger partial charge in [-0.1, -0.05) is 128 Å². The van der Waals surface area contributed by atoms with Crippen LogP contribution >= 0.6 is 0 Å². The van der Waals surface area contributed by atoms with Gasteiger partial charge in [-0.05, 0) is 133 Å². The van der Waals surface area contributed by atoms with E-state index in [-0.39, 0.29) is 5.92 Å². The molecule has 1 aliphatic carbocycles. The second-order valence-corrected chi connectivity index (χ2v) is 16.0. The fraction of sp³-hybridized carbons (Fsp3) is 0.0847. The van der Waals surface area contributed by atoms with Crippen LogP contribution in [0.3, 0.4) is 0 Å². The average molecular weight is 817 g/mol. The number of aryl methyl sites for hydroxylation is 1. The van der Waals surface area contributed by atoms with Crippen molar-refractivity contribution in [3.05, 3.63) is 260 Å². The highest BCUT2D eigenvalue weighted by Gasteiger charge is 2.19. The third-order valence-corrected chi connectivity index (χ3v) is 11.9. The lowest BCUT2D eigenvalue weighted by Crippen LogP contribution is -2.23. The molecule has 308 valence electrons. The van der Waals surface area contributed by atoms with E-state index in [9.17, 15) is 0 Å². The number of nitrogens with zero attached hydrogens (tertiary/aromatic N) is 4. The highest BCUT2D eigenvalue weighted by atomic mass is 15.2. The van der Waals surface area contributed by atoms with E-state index in [4.69, 9.17) is 0 Å². The van der Waals surface area contributed by atoms with Gasteiger partial charge < -0.3 is 19.3 Å². The molecule has 0 amide bonds. The summed E-state index contributed by atoms with van der Waals surface area (Å²) in [5, 5.41) is 1.28. The van der Waals surface area contributed by atoms with Crippen LogP contribution < -0.4 is 14.7 Å². The van der Waals surface area contributed by atoms with E-state index in [1.54, 1.807) is 0 Å². The van der Waals surface area contributed by atoms with Crippen molar-refractivity contribution in [3.63, 3.8) is 0 Å². The Kier molecular flexibility index (Phi) is 11.9.